The van der Waals surface area contributed by atoms with Gasteiger partial charge in [-0.15, -0.1) is 0 Å². The van der Waals surface area contributed by atoms with Crippen LogP contribution >= 0.6 is 0 Å². The minimum atomic E-state index is -0.219. The number of anilines is 1. The molecule has 2 aromatic carbocycles. The number of carbonyl (C=O) groups is 1. The molecule has 7 nitrogen and oxygen atoms in total. The zero-order valence-corrected chi connectivity index (χ0v) is 17.8. The number of aromatic nitrogens is 2. The number of carbonyl (C=O) groups excluding carboxylic acids is 1. The molecule has 1 N–H and O–H groups in total. The highest BCUT2D eigenvalue weighted by Crippen LogP contribution is 2.47. The molecule has 3 aromatic rings. The summed E-state index contributed by atoms with van der Waals surface area (Å²) in [5, 5.41) is 7.61. The molecular formula is C23H25N3O4. The van der Waals surface area contributed by atoms with Crippen molar-refractivity contribution in [1.82, 2.24) is 9.78 Å². The predicted octanol–water partition coefficient (Wildman–Crippen LogP) is 3.99. The van der Waals surface area contributed by atoms with Gasteiger partial charge in [-0.05, 0) is 31.5 Å². The van der Waals surface area contributed by atoms with E-state index in [1.807, 2.05) is 37.4 Å². The Bertz CT molecular complexity index is 1120. The fourth-order valence-corrected chi connectivity index (χ4v) is 4.12. The second-order valence-corrected chi connectivity index (χ2v) is 7.38. The van der Waals surface area contributed by atoms with Gasteiger partial charge in [-0.1, -0.05) is 23.8 Å². The summed E-state index contributed by atoms with van der Waals surface area (Å²) < 4.78 is 18.4. The summed E-state index contributed by atoms with van der Waals surface area (Å²) in [6, 6.07) is 9.91. The number of amides is 1. The minimum Gasteiger partial charge on any atom is -0.493 e. The van der Waals surface area contributed by atoms with E-state index in [1.165, 1.54) is 5.56 Å². The summed E-state index contributed by atoms with van der Waals surface area (Å²) in [7, 11) is 4.74. The van der Waals surface area contributed by atoms with E-state index in [1.54, 1.807) is 26.0 Å². The molecule has 0 aliphatic carbocycles. The first-order chi connectivity index (χ1) is 14.5. The highest BCUT2D eigenvalue weighted by Gasteiger charge is 2.33. The van der Waals surface area contributed by atoms with Gasteiger partial charge in [-0.2, -0.15) is 5.10 Å². The smallest absolute Gasteiger partial charge is 0.226 e. The van der Waals surface area contributed by atoms with Crippen LogP contribution in [0.2, 0.25) is 0 Å². The third kappa shape index (κ3) is 3.16. The van der Waals surface area contributed by atoms with Gasteiger partial charge in [0.25, 0.3) is 0 Å². The number of aryl methyl sites for hydroxylation is 2. The lowest BCUT2D eigenvalue weighted by molar-refractivity contribution is -0.116. The summed E-state index contributed by atoms with van der Waals surface area (Å²) >= 11 is 0. The van der Waals surface area contributed by atoms with Crippen LogP contribution in [0.15, 0.2) is 36.5 Å². The van der Waals surface area contributed by atoms with Crippen LogP contribution in [0, 0.1) is 13.8 Å². The van der Waals surface area contributed by atoms with Crippen molar-refractivity contribution < 1.29 is 19.0 Å². The lowest BCUT2D eigenvalue weighted by atomic mass is 9.86. The number of hydrogen-bond acceptors (Lipinski definition) is 5. The number of rotatable bonds is 5. The first-order valence-electron chi connectivity index (χ1n) is 9.72. The number of ether oxygens (including phenoxy) is 3. The van der Waals surface area contributed by atoms with E-state index in [4.69, 9.17) is 14.2 Å². The van der Waals surface area contributed by atoms with Crippen LogP contribution in [0.25, 0.3) is 5.69 Å². The van der Waals surface area contributed by atoms with Crippen LogP contribution in [0.5, 0.6) is 17.2 Å². The number of hydrogen-bond donors (Lipinski definition) is 1. The molecule has 1 amide bonds. The molecular weight excluding hydrogens is 382 g/mol. The van der Waals surface area contributed by atoms with Crippen molar-refractivity contribution in [2.75, 3.05) is 26.6 Å². The Labute approximate surface area is 175 Å². The van der Waals surface area contributed by atoms with Gasteiger partial charge in [-0.3, -0.25) is 4.79 Å². The molecule has 0 radical (unpaired) electrons. The molecule has 1 aliphatic rings. The molecule has 2 heterocycles. The SMILES string of the molecule is COc1ccc(C2CC(=O)Nc3c2cnn3-c2ccc(C)cc2C)c(OC)c1OC. The molecule has 0 spiro atoms. The highest BCUT2D eigenvalue weighted by atomic mass is 16.5. The van der Waals surface area contributed by atoms with Crippen molar-refractivity contribution in [3.8, 4) is 22.9 Å². The summed E-state index contributed by atoms with van der Waals surface area (Å²) in [5.74, 6) is 2.03. The van der Waals surface area contributed by atoms with Gasteiger partial charge in [0, 0.05) is 23.5 Å². The van der Waals surface area contributed by atoms with E-state index < -0.39 is 0 Å². The maximum absolute atomic E-state index is 12.7. The van der Waals surface area contributed by atoms with E-state index in [9.17, 15) is 4.79 Å². The number of nitrogens with one attached hydrogen (secondary N) is 1. The van der Waals surface area contributed by atoms with E-state index in [0.29, 0.717) is 23.1 Å². The lowest BCUT2D eigenvalue weighted by Gasteiger charge is -2.26. The van der Waals surface area contributed by atoms with Crippen LogP contribution < -0.4 is 19.5 Å². The van der Waals surface area contributed by atoms with E-state index >= 15 is 0 Å². The average Bonchev–Trinajstić information content (AvgIpc) is 3.15. The summed E-state index contributed by atoms with van der Waals surface area (Å²) in [5.41, 5.74) is 4.98. The van der Waals surface area contributed by atoms with Crippen molar-refractivity contribution in [3.63, 3.8) is 0 Å². The first-order valence-corrected chi connectivity index (χ1v) is 9.72. The molecule has 4 rings (SSSR count). The zero-order valence-electron chi connectivity index (χ0n) is 17.8. The van der Waals surface area contributed by atoms with Gasteiger partial charge in [0.15, 0.2) is 11.5 Å². The van der Waals surface area contributed by atoms with Crippen LogP contribution in [0.3, 0.4) is 0 Å². The fourth-order valence-electron chi connectivity index (χ4n) is 4.12. The maximum Gasteiger partial charge on any atom is 0.226 e. The van der Waals surface area contributed by atoms with Crippen molar-refractivity contribution in [1.29, 1.82) is 0 Å². The Hall–Kier alpha value is -3.48. The van der Waals surface area contributed by atoms with Crippen LogP contribution in [0.1, 0.15) is 34.6 Å². The molecule has 0 bridgehead atoms. The summed E-state index contributed by atoms with van der Waals surface area (Å²) in [6.07, 6.45) is 2.10. The predicted molar refractivity (Wildman–Crippen MR) is 114 cm³/mol. The topological polar surface area (TPSA) is 74.6 Å². The molecule has 1 atom stereocenters. The van der Waals surface area contributed by atoms with Gasteiger partial charge < -0.3 is 19.5 Å². The normalized spacial score (nSPS) is 15.4. The number of benzene rings is 2. The van der Waals surface area contributed by atoms with E-state index in [-0.39, 0.29) is 18.2 Å². The molecule has 0 fully saturated rings. The third-order valence-corrected chi connectivity index (χ3v) is 5.51. The summed E-state index contributed by atoms with van der Waals surface area (Å²) in [6.45, 7) is 4.09. The third-order valence-electron chi connectivity index (χ3n) is 5.51. The second kappa shape index (κ2) is 7.74. The highest BCUT2D eigenvalue weighted by molar-refractivity contribution is 5.95. The van der Waals surface area contributed by atoms with Crippen molar-refractivity contribution in [2.24, 2.45) is 0 Å². The molecule has 0 saturated carbocycles. The van der Waals surface area contributed by atoms with E-state index in [0.717, 1.165) is 22.4 Å². The summed E-state index contributed by atoms with van der Waals surface area (Å²) in [4.78, 5) is 12.7. The molecule has 156 valence electrons. The van der Waals surface area contributed by atoms with Crippen LogP contribution in [-0.2, 0) is 4.79 Å². The monoisotopic (exact) mass is 407 g/mol. The molecule has 1 aromatic heterocycles. The van der Waals surface area contributed by atoms with Crippen molar-refractivity contribution >= 4 is 11.7 Å². The van der Waals surface area contributed by atoms with Gasteiger partial charge in [0.1, 0.15) is 5.82 Å². The lowest BCUT2D eigenvalue weighted by Crippen LogP contribution is -2.25. The molecule has 1 unspecified atom stereocenters. The number of methoxy groups -OCH3 is 3. The quantitative estimate of drug-likeness (QED) is 0.692. The standard InChI is InChI=1S/C23H25N3O4/c1-13-6-8-18(14(2)10-13)26-23-17(12-24-26)16(11-20(27)25-23)15-7-9-19(28-3)22(30-5)21(15)29-4/h6-10,12,16H,11H2,1-5H3,(H,25,27). The zero-order chi connectivity index (χ0) is 21.4. The number of fused-ring (bicyclic) bond motifs is 1. The molecule has 1 aliphatic heterocycles. The van der Waals surface area contributed by atoms with Crippen LogP contribution in [-0.4, -0.2) is 37.0 Å². The Morgan fingerprint density at radius 3 is 2.43 bits per heavy atom. The Morgan fingerprint density at radius 1 is 1.00 bits per heavy atom. The van der Waals surface area contributed by atoms with Crippen molar-refractivity contribution in [2.45, 2.75) is 26.2 Å². The Kier molecular flexibility index (Phi) is 5.11. The number of nitrogens with zero attached hydrogens (tertiary/aromatic N) is 2. The molecule has 7 heteroatoms. The van der Waals surface area contributed by atoms with Gasteiger partial charge >= 0.3 is 0 Å². The van der Waals surface area contributed by atoms with Crippen LogP contribution in [0.4, 0.5) is 5.82 Å². The van der Waals surface area contributed by atoms with Crippen molar-refractivity contribution in [3.05, 3.63) is 58.8 Å². The fraction of sp³-hybridized carbons (Fsp3) is 0.304. The average molecular weight is 407 g/mol. The second-order valence-electron chi connectivity index (χ2n) is 7.38. The van der Waals surface area contributed by atoms with E-state index in [2.05, 4.69) is 23.4 Å². The van der Waals surface area contributed by atoms with Gasteiger partial charge in [0.05, 0.1) is 33.2 Å². The first kappa shape index (κ1) is 19.8. The minimum absolute atomic E-state index is 0.0733. The maximum atomic E-state index is 12.7. The molecule has 0 saturated heterocycles. The Morgan fingerprint density at radius 2 is 1.77 bits per heavy atom. The van der Waals surface area contributed by atoms with Gasteiger partial charge in [-0.25, -0.2) is 4.68 Å². The largest absolute Gasteiger partial charge is 0.493 e. The van der Waals surface area contributed by atoms with Gasteiger partial charge in [0.2, 0.25) is 11.7 Å². The Balaban J connectivity index is 1.87. The molecule has 30 heavy (non-hydrogen) atoms.